The van der Waals surface area contributed by atoms with Gasteiger partial charge in [-0.25, -0.2) is 4.98 Å². The molecular formula is C11H15N3. The first-order valence-corrected chi connectivity index (χ1v) is 4.53. The zero-order chi connectivity index (χ0) is 10.4. The van der Waals surface area contributed by atoms with Crippen molar-refractivity contribution in [3.05, 3.63) is 23.9 Å². The minimum atomic E-state index is 0.579. The lowest BCUT2D eigenvalue weighted by molar-refractivity contribution is 0.787. The highest BCUT2D eigenvalue weighted by atomic mass is 15.2. The molecule has 0 spiro atoms. The van der Waals surface area contributed by atoms with E-state index in [1.54, 1.807) is 0 Å². The lowest BCUT2D eigenvalue weighted by Crippen LogP contribution is -2.19. The SMILES string of the molecule is C#CCN(C)c1cccc(CNC)n1. The lowest BCUT2D eigenvalue weighted by Gasteiger charge is -2.15. The minimum Gasteiger partial charge on any atom is -0.349 e. The first-order chi connectivity index (χ1) is 6.77. The summed E-state index contributed by atoms with van der Waals surface area (Å²) in [6.07, 6.45) is 5.23. The molecule has 74 valence electrons. The quantitative estimate of drug-likeness (QED) is 0.712. The number of hydrogen-bond acceptors (Lipinski definition) is 3. The number of terminal acetylenes is 1. The van der Waals surface area contributed by atoms with Gasteiger partial charge in [-0.05, 0) is 19.2 Å². The highest BCUT2D eigenvalue weighted by Crippen LogP contribution is 2.08. The predicted octanol–water partition coefficient (Wildman–Crippen LogP) is 0.870. The molecule has 1 rings (SSSR count). The van der Waals surface area contributed by atoms with Crippen LogP contribution in [0.25, 0.3) is 0 Å². The van der Waals surface area contributed by atoms with Crippen LogP contribution < -0.4 is 10.2 Å². The number of nitrogens with zero attached hydrogens (tertiary/aromatic N) is 2. The molecule has 0 aliphatic rings. The van der Waals surface area contributed by atoms with Gasteiger partial charge in [0.25, 0.3) is 0 Å². The Morgan fingerprint density at radius 2 is 2.36 bits per heavy atom. The van der Waals surface area contributed by atoms with Gasteiger partial charge in [-0.2, -0.15) is 0 Å². The van der Waals surface area contributed by atoms with Gasteiger partial charge in [0.15, 0.2) is 0 Å². The van der Waals surface area contributed by atoms with Crippen molar-refractivity contribution < 1.29 is 0 Å². The number of hydrogen-bond donors (Lipinski definition) is 1. The highest BCUT2D eigenvalue weighted by molar-refractivity contribution is 5.39. The van der Waals surface area contributed by atoms with E-state index in [0.29, 0.717) is 6.54 Å². The Morgan fingerprint density at radius 3 is 3.00 bits per heavy atom. The average Bonchev–Trinajstić information content (AvgIpc) is 2.19. The van der Waals surface area contributed by atoms with Crippen LogP contribution in [0.4, 0.5) is 5.82 Å². The summed E-state index contributed by atoms with van der Waals surface area (Å²) >= 11 is 0. The zero-order valence-electron chi connectivity index (χ0n) is 8.62. The Hall–Kier alpha value is -1.53. The molecule has 0 aromatic carbocycles. The molecule has 1 aromatic heterocycles. The smallest absolute Gasteiger partial charge is 0.129 e. The van der Waals surface area contributed by atoms with Crippen molar-refractivity contribution in [3.8, 4) is 12.3 Å². The summed E-state index contributed by atoms with van der Waals surface area (Å²) in [5.41, 5.74) is 1.02. The molecule has 1 aromatic rings. The van der Waals surface area contributed by atoms with Crippen LogP contribution in [0.1, 0.15) is 5.69 Å². The summed E-state index contributed by atoms with van der Waals surface area (Å²) in [5, 5.41) is 3.06. The fourth-order valence-corrected chi connectivity index (χ4v) is 1.18. The number of anilines is 1. The van der Waals surface area contributed by atoms with Crippen LogP contribution in [0, 0.1) is 12.3 Å². The summed E-state index contributed by atoms with van der Waals surface area (Å²) in [6.45, 7) is 1.35. The molecule has 3 nitrogen and oxygen atoms in total. The van der Waals surface area contributed by atoms with E-state index in [2.05, 4.69) is 16.2 Å². The molecule has 0 unspecified atom stereocenters. The molecule has 0 bridgehead atoms. The minimum absolute atomic E-state index is 0.579. The highest BCUT2D eigenvalue weighted by Gasteiger charge is 2.00. The zero-order valence-corrected chi connectivity index (χ0v) is 8.62. The lowest BCUT2D eigenvalue weighted by atomic mass is 10.3. The van der Waals surface area contributed by atoms with E-state index < -0.39 is 0 Å². The van der Waals surface area contributed by atoms with Crippen LogP contribution in [0.2, 0.25) is 0 Å². The fourth-order valence-electron chi connectivity index (χ4n) is 1.18. The molecule has 1 heterocycles. The normalized spacial score (nSPS) is 9.50. The van der Waals surface area contributed by atoms with Gasteiger partial charge < -0.3 is 10.2 Å². The summed E-state index contributed by atoms with van der Waals surface area (Å²) in [5.74, 6) is 3.50. The third kappa shape index (κ3) is 2.75. The van der Waals surface area contributed by atoms with Gasteiger partial charge in [-0.3, -0.25) is 0 Å². The van der Waals surface area contributed by atoms with Crippen molar-refractivity contribution in [1.82, 2.24) is 10.3 Å². The second-order valence-electron chi connectivity index (χ2n) is 3.08. The number of pyridine rings is 1. The maximum absolute atomic E-state index is 5.23. The van der Waals surface area contributed by atoms with Gasteiger partial charge in [0.05, 0.1) is 12.2 Å². The van der Waals surface area contributed by atoms with Gasteiger partial charge in [-0.15, -0.1) is 6.42 Å². The second kappa shape index (κ2) is 5.25. The molecule has 0 amide bonds. The van der Waals surface area contributed by atoms with Gasteiger partial charge in [-0.1, -0.05) is 12.0 Å². The largest absolute Gasteiger partial charge is 0.349 e. The summed E-state index contributed by atoms with van der Waals surface area (Å²) < 4.78 is 0. The first-order valence-electron chi connectivity index (χ1n) is 4.53. The molecule has 0 fully saturated rings. The molecule has 0 aliphatic heterocycles. The molecule has 0 atom stereocenters. The average molecular weight is 189 g/mol. The van der Waals surface area contributed by atoms with Gasteiger partial charge >= 0.3 is 0 Å². The van der Waals surface area contributed by atoms with Crippen LogP contribution in [-0.2, 0) is 6.54 Å². The summed E-state index contributed by atoms with van der Waals surface area (Å²) in [4.78, 5) is 6.39. The van der Waals surface area contributed by atoms with Crippen molar-refractivity contribution in [1.29, 1.82) is 0 Å². The van der Waals surface area contributed by atoms with Gasteiger partial charge in [0, 0.05) is 13.6 Å². The predicted molar refractivity (Wildman–Crippen MR) is 59.1 cm³/mol. The molecule has 0 aliphatic carbocycles. The molecule has 14 heavy (non-hydrogen) atoms. The third-order valence-corrected chi connectivity index (χ3v) is 1.87. The van der Waals surface area contributed by atoms with E-state index >= 15 is 0 Å². The van der Waals surface area contributed by atoms with Crippen molar-refractivity contribution >= 4 is 5.82 Å². The van der Waals surface area contributed by atoms with E-state index in [-0.39, 0.29) is 0 Å². The van der Waals surface area contributed by atoms with Crippen molar-refractivity contribution in [2.24, 2.45) is 0 Å². The molecular weight excluding hydrogens is 174 g/mol. The molecule has 0 saturated heterocycles. The standard InChI is InChI=1S/C11H15N3/c1-4-8-14(3)11-7-5-6-10(13-11)9-12-2/h1,5-7,12H,8-9H2,2-3H3. The van der Waals surface area contributed by atoms with Gasteiger partial charge in [0.2, 0.25) is 0 Å². The van der Waals surface area contributed by atoms with Gasteiger partial charge in [0.1, 0.15) is 5.82 Å². The molecule has 3 heteroatoms. The van der Waals surface area contributed by atoms with Crippen LogP contribution in [-0.4, -0.2) is 25.6 Å². The molecule has 0 radical (unpaired) electrons. The van der Waals surface area contributed by atoms with E-state index in [1.807, 2.05) is 37.2 Å². The maximum Gasteiger partial charge on any atom is 0.129 e. The Bertz CT molecular complexity index is 328. The van der Waals surface area contributed by atoms with Crippen molar-refractivity contribution in [2.45, 2.75) is 6.54 Å². The van der Waals surface area contributed by atoms with E-state index in [9.17, 15) is 0 Å². The molecule has 0 saturated carbocycles. The second-order valence-corrected chi connectivity index (χ2v) is 3.08. The van der Waals surface area contributed by atoms with E-state index in [1.165, 1.54) is 0 Å². The Balaban J connectivity index is 2.78. The number of rotatable bonds is 4. The molecule has 1 N–H and O–H groups in total. The first kappa shape index (κ1) is 10.6. The Labute approximate surface area is 85.1 Å². The van der Waals surface area contributed by atoms with Crippen molar-refractivity contribution in [2.75, 3.05) is 25.5 Å². The fraction of sp³-hybridized carbons (Fsp3) is 0.364. The summed E-state index contributed by atoms with van der Waals surface area (Å²) in [7, 11) is 3.84. The third-order valence-electron chi connectivity index (χ3n) is 1.87. The monoisotopic (exact) mass is 189 g/mol. The van der Waals surface area contributed by atoms with E-state index in [4.69, 9.17) is 6.42 Å². The van der Waals surface area contributed by atoms with Crippen LogP contribution >= 0.6 is 0 Å². The van der Waals surface area contributed by atoms with Crippen molar-refractivity contribution in [3.63, 3.8) is 0 Å². The topological polar surface area (TPSA) is 28.2 Å². The Kier molecular flexibility index (Phi) is 3.96. The van der Waals surface area contributed by atoms with Crippen LogP contribution in [0.5, 0.6) is 0 Å². The summed E-state index contributed by atoms with van der Waals surface area (Å²) in [6, 6.07) is 5.93. The number of aromatic nitrogens is 1. The Morgan fingerprint density at radius 1 is 1.57 bits per heavy atom. The maximum atomic E-state index is 5.23. The van der Waals surface area contributed by atoms with Crippen LogP contribution in [0.3, 0.4) is 0 Å². The van der Waals surface area contributed by atoms with Crippen LogP contribution in [0.15, 0.2) is 18.2 Å². The van der Waals surface area contributed by atoms with E-state index in [0.717, 1.165) is 18.1 Å². The number of nitrogens with one attached hydrogen (secondary N) is 1.